The molecule has 1 atom stereocenters. The predicted molar refractivity (Wildman–Crippen MR) is 69.3 cm³/mol. The van der Waals surface area contributed by atoms with Crippen LogP contribution in [0.3, 0.4) is 0 Å². The Morgan fingerprint density at radius 2 is 2.06 bits per heavy atom. The highest BCUT2D eigenvalue weighted by atomic mass is 16.6. The molecule has 0 bridgehead atoms. The highest BCUT2D eigenvalue weighted by Gasteiger charge is 2.20. The highest BCUT2D eigenvalue weighted by Crippen LogP contribution is 2.24. The number of nitrogens with one attached hydrogen (secondary N) is 1. The van der Waals surface area contributed by atoms with Gasteiger partial charge >= 0.3 is 6.09 Å². The molecule has 1 amide bonds. The van der Waals surface area contributed by atoms with E-state index in [4.69, 9.17) is 9.47 Å². The third kappa shape index (κ3) is 3.26. The van der Waals surface area contributed by atoms with Gasteiger partial charge in [-0.25, -0.2) is 4.79 Å². The minimum atomic E-state index is -0.514. The van der Waals surface area contributed by atoms with E-state index in [-0.39, 0.29) is 0 Å². The summed E-state index contributed by atoms with van der Waals surface area (Å²) in [6, 6.07) is 7.65. The highest BCUT2D eigenvalue weighted by molar-refractivity contribution is 5.69. The van der Waals surface area contributed by atoms with Crippen molar-refractivity contribution in [2.24, 2.45) is 0 Å². The molecular weight excluding hydrogens is 230 g/mol. The van der Waals surface area contributed by atoms with E-state index in [1.165, 1.54) is 0 Å². The van der Waals surface area contributed by atoms with Gasteiger partial charge in [-0.05, 0) is 39.0 Å². The minimum Gasteiger partial charge on any atom is -0.466 e. The summed E-state index contributed by atoms with van der Waals surface area (Å²) in [6.45, 7) is 5.46. The lowest BCUT2D eigenvalue weighted by Crippen LogP contribution is -2.41. The summed E-state index contributed by atoms with van der Waals surface area (Å²) in [4.78, 5) is 11.6. The molecule has 0 aliphatic carbocycles. The molecule has 4 nitrogen and oxygen atoms in total. The number of hydrogen-bond donors (Lipinski definition) is 1. The number of ether oxygens (including phenoxy) is 2. The first-order valence-electron chi connectivity index (χ1n) is 5.87. The van der Waals surface area contributed by atoms with Crippen molar-refractivity contribution in [3.05, 3.63) is 35.9 Å². The van der Waals surface area contributed by atoms with Crippen molar-refractivity contribution >= 4 is 12.2 Å². The first kappa shape index (κ1) is 12.5. The molecule has 1 aliphatic heterocycles. The van der Waals surface area contributed by atoms with E-state index in [1.54, 1.807) is 6.08 Å². The number of amides is 1. The predicted octanol–water partition coefficient (Wildman–Crippen LogP) is 2.94. The van der Waals surface area contributed by atoms with Crippen molar-refractivity contribution < 1.29 is 14.3 Å². The van der Waals surface area contributed by atoms with Crippen LogP contribution < -0.4 is 10.1 Å². The number of hydrogen-bond acceptors (Lipinski definition) is 3. The van der Waals surface area contributed by atoms with Crippen LogP contribution in [0.15, 0.2) is 30.3 Å². The molecule has 96 valence electrons. The maximum Gasteiger partial charge on any atom is 0.410 e. The first-order valence-corrected chi connectivity index (χ1v) is 5.87. The second-order valence-corrected chi connectivity index (χ2v) is 5.08. The molecule has 0 fully saturated rings. The van der Waals surface area contributed by atoms with Gasteiger partial charge in [0.2, 0.25) is 0 Å². The molecule has 0 radical (unpaired) electrons. The van der Waals surface area contributed by atoms with E-state index in [0.29, 0.717) is 0 Å². The third-order valence-electron chi connectivity index (χ3n) is 2.28. The van der Waals surface area contributed by atoms with E-state index in [0.717, 1.165) is 11.3 Å². The summed E-state index contributed by atoms with van der Waals surface area (Å²) in [5, 5.41) is 2.65. The number of para-hydroxylation sites is 1. The fourth-order valence-electron chi connectivity index (χ4n) is 1.59. The first-order chi connectivity index (χ1) is 8.44. The Hall–Kier alpha value is -1.97. The second kappa shape index (κ2) is 4.72. The van der Waals surface area contributed by atoms with Crippen molar-refractivity contribution in [1.29, 1.82) is 0 Å². The standard InChI is InChI=1S/C14H17NO3/c1-14(2,3)18-13(16)15-12-9-8-10-6-4-5-7-11(10)17-12/h4-9,12H,1-3H3,(H,15,16). The zero-order chi connectivity index (χ0) is 13.2. The molecule has 0 aromatic heterocycles. The second-order valence-electron chi connectivity index (χ2n) is 5.08. The molecule has 0 spiro atoms. The largest absolute Gasteiger partial charge is 0.466 e. The van der Waals surface area contributed by atoms with E-state index in [9.17, 15) is 4.79 Å². The molecule has 0 saturated carbocycles. The fourth-order valence-corrected chi connectivity index (χ4v) is 1.59. The molecular formula is C14H17NO3. The van der Waals surface area contributed by atoms with Crippen molar-refractivity contribution in [2.45, 2.75) is 32.6 Å². The normalized spacial score (nSPS) is 17.6. The Morgan fingerprint density at radius 3 is 2.78 bits per heavy atom. The molecule has 18 heavy (non-hydrogen) atoms. The van der Waals surface area contributed by atoms with Gasteiger partial charge in [0.1, 0.15) is 11.4 Å². The van der Waals surface area contributed by atoms with Gasteiger partial charge in [0, 0.05) is 5.56 Å². The van der Waals surface area contributed by atoms with Crippen molar-refractivity contribution in [1.82, 2.24) is 5.32 Å². The van der Waals surface area contributed by atoms with E-state index >= 15 is 0 Å². The average molecular weight is 247 g/mol. The number of alkyl carbamates (subject to hydrolysis) is 1. The fraction of sp³-hybridized carbons (Fsp3) is 0.357. The van der Waals surface area contributed by atoms with Crippen LogP contribution in [0.4, 0.5) is 4.79 Å². The van der Waals surface area contributed by atoms with Gasteiger partial charge in [0.25, 0.3) is 0 Å². The Labute approximate surface area is 107 Å². The van der Waals surface area contributed by atoms with Crippen molar-refractivity contribution in [3.8, 4) is 5.75 Å². The zero-order valence-corrected chi connectivity index (χ0v) is 10.8. The van der Waals surface area contributed by atoms with Gasteiger partial charge in [-0.1, -0.05) is 18.2 Å². The maximum atomic E-state index is 11.6. The Bertz CT molecular complexity index is 474. The summed E-state index contributed by atoms with van der Waals surface area (Å²) >= 11 is 0. The van der Waals surface area contributed by atoms with Gasteiger partial charge in [-0.3, -0.25) is 5.32 Å². The summed E-state index contributed by atoms with van der Waals surface area (Å²) < 4.78 is 10.8. The van der Waals surface area contributed by atoms with Gasteiger partial charge in [-0.15, -0.1) is 0 Å². The number of rotatable bonds is 1. The van der Waals surface area contributed by atoms with Crippen LogP contribution >= 0.6 is 0 Å². The third-order valence-corrected chi connectivity index (χ3v) is 2.28. The Kier molecular flexibility index (Phi) is 3.28. The number of benzene rings is 1. The smallest absolute Gasteiger partial charge is 0.410 e. The maximum absolute atomic E-state index is 11.6. The van der Waals surface area contributed by atoms with Gasteiger partial charge in [0.15, 0.2) is 6.23 Å². The molecule has 1 aromatic carbocycles. The van der Waals surface area contributed by atoms with Crippen LogP contribution in [0.5, 0.6) is 5.75 Å². The lowest BCUT2D eigenvalue weighted by Gasteiger charge is -2.25. The molecule has 1 aliphatic rings. The van der Waals surface area contributed by atoms with Crippen LogP contribution in [0.25, 0.3) is 6.08 Å². The van der Waals surface area contributed by atoms with Crippen LogP contribution in [0, 0.1) is 0 Å². The monoisotopic (exact) mass is 247 g/mol. The van der Waals surface area contributed by atoms with Crippen molar-refractivity contribution in [3.63, 3.8) is 0 Å². The zero-order valence-electron chi connectivity index (χ0n) is 10.8. The number of carbonyl (C=O) groups excluding carboxylic acids is 1. The molecule has 2 rings (SSSR count). The van der Waals surface area contributed by atoms with Gasteiger partial charge in [-0.2, -0.15) is 0 Å². The summed E-state index contributed by atoms with van der Waals surface area (Å²) in [5.74, 6) is 0.751. The summed E-state index contributed by atoms with van der Waals surface area (Å²) in [5.41, 5.74) is 0.486. The van der Waals surface area contributed by atoms with E-state index < -0.39 is 17.9 Å². The lowest BCUT2D eigenvalue weighted by atomic mass is 10.1. The lowest BCUT2D eigenvalue weighted by molar-refractivity contribution is 0.0437. The van der Waals surface area contributed by atoms with E-state index in [1.807, 2.05) is 51.1 Å². The molecule has 1 unspecified atom stereocenters. The Morgan fingerprint density at radius 1 is 1.33 bits per heavy atom. The minimum absolute atomic E-state index is 0.489. The van der Waals surface area contributed by atoms with Crippen LogP contribution in [-0.2, 0) is 4.74 Å². The van der Waals surface area contributed by atoms with Crippen LogP contribution in [0.2, 0.25) is 0 Å². The SMILES string of the molecule is CC(C)(C)OC(=O)NC1C=Cc2ccccc2O1. The quantitative estimate of drug-likeness (QED) is 0.830. The molecule has 4 heteroatoms. The van der Waals surface area contributed by atoms with Crippen molar-refractivity contribution in [2.75, 3.05) is 0 Å². The summed E-state index contributed by atoms with van der Waals surface area (Å²) in [6.07, 6.45) is 2.72. The Balaban J connectivity index is 1.96. The van der Waals surface area contributed by atoms with E-state index in [2.05, 4.69) is 5.32 Å². The number of fused-ring (bicyclic) bond motifs is 1. The summed E-state index contributed by atoms with van der Waals surface area (Å²) in [7, 11) is 0. The van der Waals surface area contributed by atoms with Crippen LogP contribution in [-0.4, -0.2) is 17.9 Å². The molecule has 1 heterocycles. The van der Waals surface area contributed by atoms with Gasteiger partial charge in [0.05, 0.1) is 0 Å². The molecule has 1 N–H and O–H groups in total. The van der Waals surface area contributed by atoms with Crippen LogP contribution in [0.1, 0.15) is 26.3 Å². The van der Waals surface area contributed by atoms with Gasteiger partial charge < -0.3 is 9.47 Å². The number of carbonyl (C=O) groups is 1. The molecule has 0 saturated heterocycles. The topological polar surface area (TPSA) is 47.6 Å². The molecule has 1 aromatic rings. The average Bonchev–Trinajstić information content (AvgIpc) is 2.26.